The normalized spacial score (nSPS) is 11.7. The first-order chi connectivity index (χ1) is 25.7. The van der Waals surface area contributed by atoms with Gasteiger partial charge in [0.2, 0.25) is 5.78 Å². The largest absolute Gasteiger partial charge is 0.288 e. The number of nitrogens with zero attached hydrogens (tertiary/aromatic N) is 7. The van der Waals surface area contributed by atoms with E-state index in [4.69, 9.17) is 15.3 Å². The van der Waals surface area contributed by atoms with Gasteiger partial charge in [-0.15, -0.1) is 5.10 Å². The highest BCUT2D eigenvalue weighted by Gasteiger charge is 2.42. The van der Waals surface area contributed by atoms with Crippen molar-refractivity contribution in [2.24, 2.45) is 0 Å². The molecule has 0 atom stereocenters. The molecular formula is C45H41N7. The Hall–Kier alpha value is -6.21. The van der Waals surface area contributed by atoms with Gasteiger partial charge in [-0.05, 0) is 68.6 Å². The Bertz CT molecular complexity index is 2300. The molecule has 0 aliphatic rings. The Morgan fingerprint density at radius 1 is 0.654 bits per heavy atom. The molecule has 0 amide bonds. The predicted molar refractivity (Wildman–Crippen MR) is 207 cm³/mol. The average Bonchev–Trinajstić information content (AvgIpc) is 3.86. The highest BCUT2D eigenvalue weighted by atomic mass is 15.6. The SMILES string of the molecule is CCCCc1nc2ncc(CC)n2cc1Cc1ccc(-c2ccccc2-c2nnnn2C(c2ccccc2)(c2ccccc2)c2ccccc2)cc1. The summed E-state index contributed by atoms with van der Waals surface area (Å²) in [5, 5.41) is 13.9. The fourth-order valence-electron chi connectivity index (χ4n) is 7.44. The molecule has 0 saturated heterocycles. The van der Waals surface area contributed by atoms with Crippen molar-refractivity contribution in [3.63, 3.8) is 0 Å². The minimum atomic E-state index is -0.836. The molecule has 0 unspecified atom stereocenters. The molecule has 3 aromatic heterocycles. The van der Waals surface area contributed by atoms with Crippen molar-refractivity contribution >= 4 is 5.78 Å². The first-order valence-electron chi connectivity index (χ1n) is 18.2. The number of tetrazole rings is 1. The van der Waals surface area contributed by atoms with E-state index in [9.17, 15) is 0 Å². The topological polar surface area (TPSA) is 73.8 Å². The molecule has 0 N–H and O–H groups in total. The summed E-state index contributed by atoms with van der Waals surface area (Å²) in [5.74, 6) is 1.47. The van der Waals surface area contributed by atoms with E-state index in [0.717, 1.165) is 77.0 Å². The molecule has 52 heavy (non-hydrogen) atoms. The number of aryl methyl sites for hydroxylation is 2. The number of benzene rings is 5. The van der Waals surface area contributed by atoms with Gasteiger partial charge in [0.05, 0.1) is 6.20 Å². The fourth-order valence-corrected chi connectivity index (χ4v) is 7.44. The van der Waals surface area contributed by atoms with Crippen LogP contribution in [0.25, 0.3) is 28.3 Å². The van der Waals surface area contributed by atoms with Crippen LogP contribution in [0.1, 0.15) is 65.9 Å². The first kappa shape index (κ1) is 33.0. The summed E-state index contributed by atoms with van der Waals surface area (Å²) in [4.78, 5) is 9.60. The third-order valence-electron chi connectivity index (χ3n) is 10.1. The maximum absolute atomic E-state index is 5.01. The molecule has 0 spiro atoms. The number of rotatable bonds is 12. The van der Waals surface area contributed by atoms with Gasteiger partial charge in [-0.3, -0.25) is 4.40 Å². The van der Waals surface area contributed by atoms with Crippen LogP contribution < -0.4 is 0 Å². The van der Waals surface area contributed by atoms with Gasteiger partial charge >= 0.3 is 0 Å². The quantitative estimate of drug-likeness (QED) is 0.120. The third kappa shape index (κ3) is 5.98. The zero-order valence-electron chi connectivity index (χ0n) is 29.6. The van der Waals surface area contributed by atoms with Gasteiger partial charge in [0.25, 0.3) is 0 Å². The summed E-state index contributed by atoms with van der Waals surface area (Å²) >= 11 is 0. The number of hydrogen-bond acceptors (Lipinski definition) is 5. The highest BCUT2D eigenvalue weighted by Crippen LogP contribution is 2.43. The van der Waals surface area contributed by atoms with E-state index in [2.05, 4.69) is 156 Å². The summed E-state index contributed by atoms with van der Waals surface area (Å²) in [6.45, 7) is 4.39. The molecule has 0 radical (unpaired) electrons. The Kier molecular flexibility index (Phi) is 9.23. The van der Waals surface area contributed by atoms with Crippen LogP contribution in [0, 0.1) is 0 Å². The zero-order chi connectivity index (χ0) is 35.3. The molecule has 5 aromatic carbocycles. The molecule has 0 aliphatic heterocycles. The van der Waals surface area contributed by atoms with Gasteiger partial charge in [0.1, 0.15) is 5.54 Å². The summed E-state index contributed by atoms with van der Waals surface area (Å²) in [5.41, 5.74) is 10.3. The second-order valence-corrected chi connectivity index (χ2v) is 13.2. The number of imidazole rings is 1. The lowest BCUT2D eigenvalue weighted by atomic mass is 9.77. The van der Waals surface area contributed by atoms with Crippen molar-refractivity contribution in [1.82, 2.24) is 34.6 Å². The molecule has 8 aromatic rings. The van der Waals surface area contributed by atoms with E-state index >= 15 is 0 Å². The number of fused-ring (bicyclic) bond motifs is 1. The van der Waals surface area contributed by atoms with E-state index in [0.29, 0.717) is 5.82 Å². The molecule has 0 bridgehead atoms. The third-order valence-corrected chi connectivity index (χ3v) is 10.1. The van der Waals surface area contributed by atoms with Crippen LogP contribution in [0.3, 0.4) is 0 Å². The average molecular weight is 680 g/mol. The van der Waals surface area contributed by atoms with Gasteiger partial charge in [0.15, 0.2) is 5.82 Å². The van der Waals surface area contributed by atoms with E-state index in [1.54, 1.807) is 0 Å². The van der Waals surface area contributed by atoms with Crippen molar-refractivity contribution < 1.29 is 0 Å². The zero-order valence-corrected chi connectivity index (χ0v) is 29.6. The van der Waals surface area contributed by atoms with E-state index in [1.807, 2.05) is 29.1 Å². The Labute approximate surface area is 304 Å². The number of hydrogen-bond donors (Lipinski definition) is 0. The fraction of sp³-hybridized carbons (Fsp3) is 0.178. The van der Waals surface area contributed by atoms with Gasteiger partial charge in [-0.2, -0.15) is 0 Å². The van der Waals surface area contributed by atoms with E-state index < -0.39 is 5.54 Å². The highest BCUT2D eigenvalue weighted by molar-refractivity contribution is 5.81. The maximum Gasteiger partial charge on any atom is 0.234 e. The van der Waals surface area contributed by atoms with E-state index in [1.165, 1.54) is 16.8 Å². The first-order valence-corrected chi connectivity index (χ1v) is 18.2. The molecule has 8 rings (SSSR count). The number of aromatic nitrogens is 7. The summed E-state index contributed by atoms with van der Waals surface area (Å²) in [6.07, 6.45) is 9.10. The molecular weight excluding hydrogens is 639 g/mol. The monoisotopic (exact) mass is 679 g/mol. The molecule has 7 heteroatoms. The van der Waals surface area contributed by atoms with Gasteiger partial charge in [0, 0.05) is 29.6 Å². The van der Waals surface area contributed by atoms with Gasteiger partial charge in [-0.25, -0.2) is 14.6 Å². The van der Waals surface area contributed by atoms with Crippen molar-refractivity contribution in [3.8, 4) is 22.5 Å². The lowest BCUT2D eigenvalue weighted by molar-refractivity contribution is 0.451. The van der Waals surface area contributed by atoms with Gasteiger partial charge in [-0.1, -0.05) is 160 Å². The van der Waals surface area contributed by atoms with Gasteiger partial charge < -0.3 is 0 Å². The summed E-state index contributed by atoms with van der Waals surface area (Å²) in [6, 6.07) is 48.9. The second kappa shape index (κ2) is 14.6. The Morgan fingerprint density at radius 3 is 1.85 bits per heavy atom. The minimum Gasteiger partial charge on any atom is -0.288 e. The summed E-state index contributed by atoms with van der Waals surface area (Å²) in [7, 11) is 0. The molecule has 0 fully saturated rings. The summed E-state index contributed by atoms with van der Waals surface area (Å²) < 4.78 is 4.15. The van der Waals surface area contributed by atoms with Crippen LogP contribution in [0.15, 0.2) is 152 Å². The van der Waals surface area contributed by atoms with Crippen molar-refractivity contribution in [2.45, 2.75) is 51.5 Å². The maximum atomic E-state index is 5.01. The molecule has 0 saturated carbocycles. The van der Waals surface area contributed by atoms with Crippen LogP contribution in [0.4, 0.5) is 0 Å². The molecule has 0 aliphatic carbocycles. The smallest absolute Gasteiger partial charge is 0.234 e. The van der Waals surface area contributed by atoms with Crippen LogP contribution in [0.5, 0.6) is 0 Å². The van der Waals surface area contributed by atoms with E-state index in [-0.39, 0.29) is 0 Å². The number of unbranched alkanes of at least 4 members (excludes halogenated alkanes) is 1. The predicted octanol–water partition coefficient (Wildman–Crippen LogP) is 9.39. The lowest BCUT2D eigenvalue weighted by Gasteiger charge is -2.36. The van der Waals surface area contributed by atoms with Crippen molar-refractivity contribution in [3.05, 3.63) is 191 Å². The molecule has 7 nitrogen and oxygen atoms in total. The Balaban J connectivity index is 1.22. The molecule has 3 heterocycles. The van der Waals surface area contributed by atoms with Crippen LogP contribution >= 0.6 is 0 Å². The standard InChI is InChI=1S/C45H41N7/c1-3-5-25-42-35(32-51-39(4-2)31-46-44(51)47-42)30-33-26-28-34(29-27-33)40-23-15-16-24-41(40)43-48-49-50-52(43)45(36-17-9-6-10-18-36,37-19-11-7-12-20-37)38-21-13-8-14-22-38/h6-24,26-29,31-32H,3-5,25,30H2,1-2H3. The lowest BCUT2D eigenvalue weighted by Crippen LogP contribution is -2.39. The van der Waals surface area contributed by atoms with Crippen LogP contribution in [-0.4, -0.2) is 34.6 Å². The van der Waals surface area contributed by atoms with Crippen molar-refractivity contribution in [1.29, 1.82) is 0 Å². The Morgan fingerprint density at radius 2 is 1.25 bits per heavy atom. The second-order valence-electron chi connectivity index (χ2n) is 13.2. The minimum absolute atomic E-state index is 0.684. The van der Waals surface area contributed by atoms with Crippen LogP contribution in [-0.2, 0) is 24.8 Å². The van der Waals surface area contributed by atoms with Crippen molar-refractivity contribution in [2.75, 3.05) is 0 Å². The molecule has 256 valence electrons. The van der Waals surface area contributed by atoms with Crippen LogP contribution in [0.2, 0.25) is 0 Å².